The fourth-order valence-electron chi connectivity index (χ4n) is 1.18. The summed E-state index contributed by atoms with van der Waals surface area (Å²) in [6.07, 6.45) is 4.97. The normalized spacial score (nSPS) is 11.3. The molecule has 0 aliphatic rings. The minimum absolute atomic E-state index is 0.0532. The number of carbonyl (C=O) groups is 2. The summed E-state index contributed by atoms with van der Waals surface area (Å²) in [6, 6.07) is -1.64. The minimum Gasteiger partial charge on any atom is -0.480 e. The average Bonchev–Trinajstić information content (AvgIpc) is 2.71. The Balaban J connectivity index is 2.44. The number of terminal acetylenes is 1. The molecule has 0 spiro atoms. The van der Waals surface area contributed by atoms with Crippen LogP contribution in [0.15, 0.2) is 5.51 Å². The molecule has 0 saturated carbocycles. The van der Waals surface area contributed by atoms with Gasteiger partial charge in [-0.3, -0.25) is 0 Å². The molecule has 6 nitrogen and oxygen atoms in total. The fourth-order valence-corrected chi connectivity index (χ4v) is 1.90. The van der Waals surface area contributed by atoms with Crippen LogP contribution < -0.4 is 10.6 Å². The third-order valence-corrected chi connectivity index (χ3v) is 3.11. The second-order valence-corrected chi connectivity index (χ2v) is 4.43. The first-order valence-electron chi connectivity index (χ1n) is 5.14. The van der Waals surface area contributed by atoms with Crippen molar-refractivity contribution in [2.24, 2.45) is 0 Å². The van der Waals surface area contributed by atoms with Gasteiger partial charge in [0.15, 0.2) is 0 Å². The monoisotopic (exact) mass is 267 g/mol. The van der Waals surface area contributed by atoms with Gasteiger partial charge in [0.2, 0.25) is 0 Å². The number of rotatable bonds is 5. The lowest BCUT2D eigenvalue weighted by molar-refractivity contribution is -0.139. The van der Waals surface area contributed by atoms with Crippen molar-refractivity contribution < 1.29 is 14.7 Å². The second kappa shape index (κ2) is 6.61. The molecule has 1 atom stereocenters. The van der Waals surface area contributed by atoms with Crippen molar-refractivity contribution >= 4 is 23.3 Å². The van der Waals surface area contributed by atoms with Crippen molar-refractivity contribution in [1.82, 2.24) is 15.6 Å². The molecule has 7 heteroatoms. The van der Waals surface area contributed by atoms with Crippen LogP contribution in [-0.2, 0) is 11.3 Å². The molecule has 0 aromatic carbocycles. The van der Waals surface area contributed by atoms with Gasteiger partial charge in [-0.25, -0.2) is 14.6 Å². The Morgan fingerprint density at radius 1 is 1.67 bits per heavy atom. The van der Waals surface area contributed by atoms with Crippen LogP contribution in [0.1, 0.15) is 17.0 Å². The number of aliphatic carboxylic acids is 1. The molecule has 0 bridgehead atoms. The number of aromatic nitrogens is 1. The SMILES string of the molecule is C#CCC(NC(=O)NCc1scnc1C)C(=O)O. The van der Waals surface area contributed by atoms with E-state index in [1.54, 1.807) is 5.51 Å². The standard InChI is InChI=1S/C11H13N3O3S/c1-3-4-8(10(15)16)14-11(17)12-5-9-7(2)13-6-18-9/h1,6,8H,4-5H2,2H3,(H,15,16)(H2,12,14,17). The van der Waals surface area contributed by atoms with Gasteiger partial charge in [-0.15, -0.1) is 23.7 Å². The molecule has 0 fully saturated rings. The summed E-state index contributed by atoms with van der Waals surface area (Å²) in [7, 11) is 0. The molecular formula is C11H13N3O3S. The number of hydrogen-bond donors (Lipinski definition) is 3. The highest BCUT2D eigenvalue weighted by atomic mass is 32.1. The van der Waals surface area contributed by atoms with E-state index in [4.69, 9.17) is 11.5 Å². The first-order chi connectivity index (χ1) is 8.54. The first-order valence-corrected chi connectivity index (χ1v) is 6.02. The van der Waals surface area contributed by atoms with Crippen LogP contribution >= 0.6 is 11.3 Å². The summed E-state index contributed by atoms with van der Waals surface area (Å²) in [4.78, 5) is 27.2. The van der Waals surface area contributed by atoms with Crippen LogP contribution in [0, 0.1) is 19.3 Å². The molecule has 18 heavy (non-hydrogen) atoms. The average molecular weight is 267 g/mol. The predicted octanol–water partition coefficient (Wildman–Crippen LogP) is 0.727. The zero-order chi connectivity index (χ0) is 13.5. The van der Waals surface area contributed by atoms with Crippen molar-refractivity contribution in [2.75, 3.05) is 0 Å². The van der Waals surface area contributed by atoms with E-state index in [0.29, 0.717) is 6.54 Å². The lowest BCUT2D eigenvalue weighted by atomic mass is 10.2. The van der Waals surface area contributed by atoms with Crippen molar-refractivity contribution in [2.45, 2.75) is 25.9 Å². The Morgan fingerprint density at radius 2 is 2.39 bits per heavy atom. The van der Waals surface area contributed by atoms with Crippen LogP contribution in [0.4, 0.5) is 4.79 Å². The molecule has 3 N–H and O–H groups in total. The maximum atomic E-state index is 11.5. The molecule has 0 saturated heterocycles. The van der Waals surface area contributed by atoms with Crippen LogP contribution in [0.5, 0.6) is 0 Å². The molecule has 1 unspecified atom stereocenters. The Morgan fingerprint density at radius 3 is 2.89 bits per heavy atom. The van der Waals surface area contributed by atoms with Crippen molar-refractivity contribution in [3.63, 3.8) is 0 Å². The summed E-state index contributed by atoms with van der Waals surface area (Å²) in [5.74, 6) is 1.05. The van der Waals surface area contributed by atoms with E-state index in [0.717, 1.165) is 10.6 Å². The third kappa shape index (κ3) is 4.07. The lowest BCUT2D eigenvalue weighted by Gasteiger charge is -2.12. The van der Waals surface area contributed by atoms with Crippen LogP contribution in [0.3, 0.4) is 0 Å². The van der Waals surface area contributed by atoms with Gasteiger partial charge in [-0.2, -0.15) is 0 Å². The quantitative estimate of drug-likeness (QED) is 0.686. The molecular weight excluding hydrogens is 254 g/mol. The zero-order valence-electron chi connectivity index (χ0n) is 9.77. The van der Waals surface area contributed by atoms with Gasteiger partial charge in [0.05, 0.1) is 17.7 Å². The topological polar surface area (TPSA) is 91.3 Å². The fraction of sp³-hybridized carbons (Fsp3) is 0.364. The Hall–Kier alpha value is -2.07. The smallest absolute Gasteiger partial charge is 0.327 e. The van der Waals surface area contributed by atoms with Gasteiger partial charge in [-0.1, -0.05) is 0 Å². The van der Waals surface area contributed by atoms with E-state index >= 15 is 0 Å². The summed E-state index contributed by atoms with van der Waals surface area (Å²) >= 11 is 1.42. The van der Waals surface area contributed by atoms with Gasteiger partial charge >= 0.3 is 12.0 Å². The van der Waals surface area contributed by atoms with Gasteiger partial charge in [0, 0.05) is 11.3 Å². The molecule has 1 aromatic rings. The lowest BCUT2D eigenvalue weighted by Crippen LogP contribution is -2.45. The third-order valence-electron chi connectivity index (χ3n) is 2.18. The molecule has 0 aliphatic heterocycles. The van der Waals surface area contributed by atoms with E-state index < -0.39 is 18.0 Å². The molecule has 0 radical (unpaired) electrons. The van der Waals surface area contributed by atoms with Crippen molar-refractivity contribution in [1.29, 1.82) is 0 Å². The summed E-state index contributed by atoms with van der Waals surface area (Å²) < 4.78 is 0. The molecule has 1 aromatic heterocycles. The van der Waals surface area contributed by atoms with E-state index in [1.807, 2.05) is 6.92 Å². The Kier molecular flexibility index (Phi) is 5.14. The molecule has 2 amide bonds. The van der Waals surface area contributed by atoms with E-state index in [2.05, 4.69) is 21.5 Å². The Labute approximate surface area is 108 Å². The number of nitrogens with zero attached hydrogens (tertiary/aromatic N) is 1. The van der Waals surface area contributed by atoms with Crippen molar-refractivity contribution in [3.8, 4) is 12.3 Å². The second-order valence-electron chi connectivity index (χ2n) is 3.49. The minimum atomic E-state index is -1.16. The largest absolute Gasteiger partial charge is 0.480 e. The van der Waals surface area contributed by atoms with E-state index in [-0.39, 0.29) is 6.42 Å². The van der Waals surface area contributed by atoms with Gasteiger partial charge < -0.3 is 15.7 Å². The number of carbonyl (C=O) groups excluding carboxylic acids is 1. The molecule has 1 rings (SSSR count). The number of amides is 2. The maximum absolute atomic E-state index is 11.5. The molecule has 96 valence electrons. The number of urea groups is 1. The highest BCUT2D eigenvalue weighted by molar-refractivity contribution is 7.09. The summed E-state index contributed by atoms with van der Waals surface area (Å²) in [5.41, 5.74) is 2.53. The van der Waals surface area contributed by atoms with Gasteiger partial charge in [0.1, 0.15) is 6.04 Å². The van der Waals surface area contributed by atoms with E-state index in [1.165, 1.54) is 11.3 Å². The Bertz CT molecular complexity index is 478. The van der Waals surface area contributed by atoms with E-state index in [9.17, 15) is 9.59 Å². The van der Waals surface area contributed by atoms with Crippen LogP contribution in [0.2, 0.25) is 0 Å². The maximum Gasteiger partial charge on any atom is 0.327 e. The van der Waals surface area contributed by atoms with Gasteiger partial charge in [-0.05, 0) is 6.92 Å². The first kappa shape index (κ1) is 14.0. The number of carboxylic acids is 1. The summed E-state index contributed by atoms with van der Waals surface area (Å²) in [5, 5.41) is 13.7. The van der Waals surface area contributed by atoms with Crippen LogP contribution in [-0.4, -0.2) is 28.1 Å². The molecule has 1 heterocycles. The summed E-state index contributed by atoms with van der Waals surface area (Å²) in [6.45, 7) is 2.15. The number of carboxylic acid groups (broad SMARTS) is 1. The zero-order valence-corrected chi connectivity index (χ0v) is 10.6. The number of hydrogen-bond acceptors (Lipinski definition) is 4. The number of aryl methyl sites for hydroxylation is 1. The van der Waals surface area contributed by atoms with Crippen LogP contribution in [0.25, 0.3) is 0 Å². The van der Waals surface area contributed by atoms with Gasteiger partial charge in [0.25, 0.3) is 0 Å². The number of thiazole rings is 1. The predicted molar refractivity (Wildman–Crippen MR) is 67.1 cm³/mol. The number of nitrogens with one attached hydrogen (secondary N) is 2. The van der Waals surface area contributed by atoms with Crippen molar-refractivity contribution in [3.05, 3.63) is 16.1 Å². The highest BCUT2D eigenvalue weighted by Crippen LogP contribution is 2.10. The molecule has 0 aliphatic carbocycles. The highest BCUT2D eigenvalue weighted by Gasteiger charge is 2.18.